The van der Waals surface area contributed by atoms with Gasteiger partial charge in [-0.15, -0.1) is 0 Å². The number of hydrogen-bond donors (Lipinski definition) is 5. The molecule has 5 amide bonds. The smallest absolute Gasteiger partial charge is 0.407 e. The minimum Gasteiger partial charge on any atom is -0.448 e. The number of nitrogens with zero attached hydrogens (tertiary/aromatic N) is 6. The molecule has 1 aromatic carbocycles. The number of aryl methyl sites for hydroxylation is 3. The van der Waals surface area contributed by atoms with E-state index >= 15 is 0 Å². The van der Waals surface area contributed by atoms with E-state index in [1.54, 1.807) is 108 Å². The number of hydrogen-bond acceptors (Lipinski definition) is 28. The van der Waals surface area contributed by atoms with E-state index in [1.165, 1.54) is 56.8 Å². The lowest BCUT2D eigenvalue weighted by Gasteiger charge is -2.22. The zero-order chi connectivity index (χ0) is 74.1. The molecule has 5 N–H and O–H groups in total. The molecule has 0 saturated heterocycles. The molecule has 4 heterocycles. The van der Waals surface area contributed by atoms with Crippen LogP contribution in [0.1, 0.15) is 120 Å². The highest BCUT2D eigenvalue weighted by molar-refractivity contribution is 8.78. The second kappa shape index (κ2) is 47.6. The van der Waals surface area contributed by atoms with Gasteiger partial charge in [-0.3, -0.25) is 20.2 Å². The minimum atomic E-state index is -0.472. The van der Waals surface area contributed by atoms with Crippen molar-refractivity contribution in [2.24, 2.45) is 0 Å². The van der Waals surface area contributed by atoms with Gasteiger partial charge in [-0.1, -0.05) is 83.0 Å². The summed E-state index contributed by atoms with van der Waals surface area (Å²) in [6.07, 6.45) is 7.22. The lowest BCUT2D eigenvalue weighted by atomic mass is 10.2. The maximum atomic E-state index is 11.3. The molecule has 4 aromatic heterocycles. The van der Waals surface area contributed by atoms with Crippen LogP contribution in [-0.4, -0.2) is 150 Å². The Balaban J connectivity index is 0.000000422. The molecule has 0 unspecified atom stereocenters. The molecule has 0 radical (unpaired) electrons. The van der Waals surface area contributed by atoms with E-state index in [0.717, 1.165) is 43.9 Å². The SMILES string of the molecule is CCNC(=O)OCC(C)(C)SSc1ccc(C)cn1.CCNC(=O)OCC(C)(C)SSc1ccc([N+](=O)[O-])c(C)c1.CCNC(=O)OCC(C)(C)SSc1ccccn1.CCNC(=O)OCC(C)(C)SSc1ncccc1[N+](=O)[O-].CCNC(=O)OCC1(SSc2ccc(C)cn2)CC1. The Morgan fingerprint density at radius 2 is 0.859 bits per heavy atom. The van der Waals surface area contributed by atoms with Crippen molar-refractivity contribution in [2.45, 2.75) is 172 Å². The molecule has 1 fully saturated rings. The molecular formula is C64H93N11O14S10. The van der Waals surface area contributed by atoms with Crippen LogP contribution in [0.3, 0.4) is 0 Å². The van der Waals surface area contributed by atoms with Crippen LogP contribution in [0.5, 0.6) is 0 Å². The third-order valence-corrected chi connectivity index (χ3v) is 27.6. The zero-order valence-corrected chi connectivity index (χ0v) is 66.9. The lowest BCUT2D eigenvalue weighted by molar-refractivity contribution is -0.388. The number of benzene rings is 1. The second-order valence-electron chi connectivity index (χ2n) is 23.4. The Morgan fingerprint density at radius 1 is 0.465 bits per heavy atom. The fourth-order valence-electron chi connectivity index (χ4n) is 6.25. The van der Waals surface area contributed by atoms with Crippen molar-refractivity contribution in [3.8, 4) is 0 Å². The minimum absolute atomic E-state index is 0.0320. The van der Waals surface area contributed by atoms with Crippen molar-refractivity contribution in [1.29, 1.82) is 0 Å². The summed E-state index contributed by atoms with van der Waals surface area (Å²) < 4.78 is 24.8. The molecule has 99 heavy (non-hydrogen) atoms. The first-order valence-corrected chi connectivity index (χ1v) is 41.9. The normalized spacial score (nSPS) is 12.0. The van der Waals surface area contributed by atoms with Crippen molar-refractivity contribution in [1.82, 2.24) is 46.5 Å². The van der Waals surface area contributed by atoms with Crippen LogP contribution in [0.15, 0.2) is 123 Å². The molecule has 0 spiro atoms. The molecule has 5 aromatic rings. The highest BCUT2D eigenvalue weighted by Gasteiger charge is 2.45. The average molecular weight is 1560 g/mol. The van der Waals surface area contributed by atoms with Gasteiger partial charge >= 0.3 is 36.2 Å². The Kier molecular flexibility index (Phi) is 43.1. The van der Waals surface area contributed by atoms with E-state index in [0.29, 0.717) is 63.1 Å². The van der Waals surface area contributed by atoms with Crippen LogP contribution >= 0.6 is 108 Å². The summed E-state index contributed by atoms with van der Waals surface area (Å²) in [7, 11) is 15.5. The number of carbonyl (C=O) groups excluding carboxylic acids is 5. The number of carbonyl (C=O) groups is 5. The van der Waals surface area contributed by atoms with E-state index in [2.05, 4.69) is 52.6 Å². The summed E-state index contributed by atoms with van der Waals surface area (Å²) in [5, 5.41) is 37.9. The molecule has 548 valence electrons. The van der Waals surface area contributed by atoms with Crippen molar-refractivity contribution in [3.63, 3.8) is 0 Å². The van der Waals surface area contributed by atoms with Gasteiger partial charge in [-0.2, -0.15) is 0 Å². The van der Waals surface area contributed by atoms with Crippen LogP contribution < -0.4 is 26.6 Å². The average Bonchev–Trinajstić information content (AvgIpc) is 1.67. The maximum Gasteiger partial charge on any atom is 0.407 e. The number of aromatic nitrogens is 4. The van der Waals surface area contributed by atoms with Crippen molar-refractivity contribution in [3.05, 3.63) is 135 Å². The standard InChI is InChI=1S/C14H20N2O4S2.C13H18N2O2S2.C13H20N2O2S2.C12H17N3O4S2.C12H18N2O2S2/c1-5-15-13(17)20-9-14(3,4)22-21-11-6-7-12(16(18)19)10(2)8-11;1-3-14-12(16)17-9-13(6-7-13)19-18-11-5-4-10(2)8-15-11;1-5-14-12(16)17-9-13(3,4)19-18-11-7-6-10(2)8-15-11;1-4-13-11(16)19-8-12(2,3)21-20-10-9(15(17)18)6-5-7-14-10;1-4-13-11(15)16-9-12(2,3)18-17-10-7-5-6-8-14-10/h6-8H,5,9H2,1-4H3,(H,15,17);4-5,8H,3,6-7,9H2,1-2H3,(H,14,16);6-8H,5,9H2,1-4H3,(H,14,16);5-7H,4,8H2,1-3H3,(H,13,16);5-8H,4,9H2,1-3H3,(H,13,15). The summed E-state index contributed by atoms with van der Waals surface area (Å²) in [4.78, 5) is 95.0. The van der Waals surface area contributed by atoms with Crippen LogP contribution in [0.25, 0.3) is 0 Å². The van der Waals surface area contributed by atoms with Crippen molar-refractivity contribution in [2.75, 3.05) is 65.8 Å². The molecule has 1 aliphatic carbocycles. The number of rotatable bonds is 32. The van der Waals surface area contributed by atoms with E-state index < -0.39 is 21.9 Å². The molecule has 0 aliphatic heterocycles. The molecule has 1 aliphatic rings. The number of pyridine rings is 4. The predicted octanol–water partition coefficient (Wildman–Crippen LogP) is 17.8. The fraction of sp³-hybridized carbons (Fsp3) is 0.516. The Bertz CT molecular complexity index is 3190. The van der Waals surface area contributed by atoms with Gasteiger partial charge < -0.3 is 50.3 Å². The van der Waals surface area contributed by atoms with Crippen LogP contribution in [-0.2, 0) is 23.7 Å². The Morgan fingerprint density at radius 3 is 1.23 bits per heavy atom. The molecule has 0 bridgehead atoms. The van der Waals surface area contributed by atoms with Crippen LogP contribution in [0, 0.1) is 41.0 Å². The molecular weight excluding hydrogens is 1470 g/mol. The van der Waals surface area contributed by atoms with Gasteiger partial charge in [0.1, 0.15) is 48.1 Å². The maximum absolute atomic E-state index is 11.3. The summed E-state index contributed by atoms with van der Waals surface area (Å²) >= 11 is 0. The third-order valence-electron chi connectivity index (χ3n) is 11.5. The van der Waals surface area contributed by atoms with E-state index in [9.17, 15) is 44.2 Å². The molecule has 0 atom stereocenters. The molecule has 35 heteroatoms. The fourth-order valence-corrected chi connectivity index (χ4v) is 17.3. The quantitative estimate of drug-likeness (QED) is 0.0116. The summed E-state index contributed by atoms with van der Waals surface area (Å²) in [5.41, 5.74) is 3.03. The Hall–Kier alpha value is -5.53. The van der Waals surface area contributed by atoms with E-state index in [1.807, 2.05) is 146 Å². The van der Waals surface area contributed by atoms with Crippen LogP contribution in [0.2, 0.25) is 0 Å². The first-order valence-electron chi connectivity index (χ1n) is 31.1. The highest BCUT2D eigenvalue weighted by atomic mass is 33.1. The van der Waals surface area contributed by atoms with Gasteiger partial charge in [0.25, 0.3) is 5.69 Å². The van der Waals surface area contributed by atoms with Gasteiger partial charge in [-0.25, -0.2) is 43.9 Å². The largest absolute Gasteiger partial charge is 0.448 e. The lowest BCUT2D eigenvalue weighted by Crippen LogP contribution is -2.30. The van der Waals surface area contributed by atoms with Crippen LogP contribution in [0.4, 0.5) is 35.3 Å². The molecule has 1 saturated carbocycles. The van der Waals surface area contributed by atoms with Gasteiger partial charge in [-0.05, 0) is 220 Å². The van der Waals surface area contributed by atoms with Crippen molar-refractivity contribution >= 4 is 150 Å². The van der Waals surface area contributed by atoms with Gasteiger partial charge in [0, 0.05) is 80.1 Å². The zero-order valence-electron chi connectivity index (χ0n) is 58.7. The van der Waals surface area contributed by atoms with E-state index in [-0.39, 0.29) is 66.8 Å². The third kappa shape index (κ3) is 41.9. The molecule has 6 rings (SSSR count). The number of amides is 5. The monoisotopic (exact) mass is 1560 g/mol. The first-order chi connectivity index (χ1) is 46.7. The number of ether oxygens (including phenoxy) is 5. The van der Waals surface area contributed by atoms with Gasteiger partial charge in [0.2, 0.25) is 0 Å². The number of alkyl carbamates (subject to hydrolysis) is 5. The van der Waals surface area contributed by atoms with E-state index in [4.69, 9.17) is 23.7 Å². The van der Waals surface area contributed by atoms with Gasteiger partial charge in [0.05, 0.1) is 33.6 Å². The predicted molar refractivity (Wildman–Crippen MR) is 412 cm³/mol. The number of nitrogens with one attached hydrogen (secondary N) is 5. The number of nitro groups is 2. The van der Waals surface area contributed by atoms with Crippen molar-refractivity contribution < 1.29 is 57.5 Å². The molecule has 25 nitrogen and oxygen atoms in total. The topological polar surface area (TPSA) is 329 Å². The van der Waals surface area contributed by atoms with Gasteiger partial charge in [0.15, 0.2) is 5.03 Å². The summed E-state index contributed by atoms with van der Waals surface area (Å²) in [5.74, 6) is 0. The number of nitro benzene ring substituents is 1. The Labute approximate surface area is 621 Å². The highest BCUT2D eigenvalue weighted by Crippen LogP contribution is 2.55. The second-order valence-corrected chi connectivity index (χ2v) is 37.5. The summed E-state index contributed by atoms with van der Waals surface area (Å²) in [6.45, 7) is 35.3. The first kappa shape index (κ1) is 89.6. The summed E-state index contributed by atoms with van der Waals surface area (Å²) in [6, 6.07) is 21.9.